The van der Waals surface area contributed by atoms with Crippen molar-refractivity contribution in [2.75, 3.05) is 52.7 Å². The molecule has 3 atom stereocenters. The van der Waals surface area contributed by atoms with Gasteiger partial charge in [-0.25, -0.2) is 4.79 Å². The standard InChI is InChI=1S/C34H41N3O8/c1-2-43-33-25(13-17-41-19-20-42-18-16-38)26(27-22-44-30-10-6-3-7-24(27)30)21-31(45-33)32(39)36-14-11-23(12-15-36)37-29-9-5-4-8-28(29)35-34(37)40/h3-10,21-23,25-26,33,38H,2,11-20H2,1H3,(H,35,40)/t25-,26+,33-/m0/s1. The molecule has 2 aliphatic heterocycles. The van der Waals surface area contributed by atoms with Crippen LogP contribution in [0.2, 0.25) is 0 Å². The van der Waals surface area contributed by atoms with Crippen LogP contribution < -0.4 is 5.69 Å². The number of carbonyl (C=O) groups is 1. The molecular formula is C34H41N3O8. The van der Waals surface area contributed by atoms with Gasteiger partial charge in [-0.3, -0.25) is 9.36 Å². The largest absolute Gasteiger partial charge is 0.464 e. The Morgan fingerprint density at radius 3 is 2.58 bits per heavy atom. The number of aromatic nitrogens is 2. The molecule has 0 saturated carbocycles. The highest BCUT2D eigenvalue weighted by molar-refractivity contribution is 5.92. The zero-order valence-electron chi connectivity index (χ0n) is 25.6. The molecule has 2 N–H and O–H groups in total. The molecular weight excluding hydrogens is 578 g/mol. The SMILES string of the molecule is CCO[C@H]1OC(C(=O)N2CCC(n3c(=O)[nH]c4ccccc43)CC2)=C[C@@H](c2coc3ccccc23)[C@@H]1CCOCCOCCO. The zero-order valence-corrected chi connectivity index (χ0v) is 25.6. The Morgan fingerprint density at radius 2 is 1.78 bits per heavy atom. The summed E-state index contributed by atoms with van der Waals surface area (Å²) in [7, 11) is 0. The van der Waals surface area contributed by atoms with E-state index in [1.54, 1.807) is 6.26 Å². The quantitative estimate of drug-likeness (QED) is 0.212. The second kappa shape index (κ2) is 14.5. The summed E-state index contributed by atoms with van der Waals surface area (Å²) in [6.07, 6.45) is 4.97. The molecule has 0 spiro atoms. The number of allylic oxidation sites excluding steroid dienone is 1. The fourth-order valence-electron chi connectivity index (χ4n) is 6.57. The van der Waals surface area contributed by atoms with Crippen molar-refractivity contribution >= 4 is 27.9 Å². The van der Waals surface area contributed by atoms with Crippen molar-refractivity contribution in [3.8, 4) is 0 Å². The molecule has 1 amide bonds. The number of para-hydroxylation sites is 3. The molecule has 0 bridgehead atoms. The maximum Gasteiger partial charge on any atom is 0.326 e. The van der Waals surface area contributed by atoms with Crippen molar-refractivity contribution in [1.82, 2.24) is 14.5 Å². The third-order valence-electron chi connectivity index (χ3n) is 8.74. The van der Waals surface area contributed by atoms with Gasteiger partial charge in [0.2, 0.25) is 6.29 Å². The van der Waals surface area contributed by atoms with Gasteiger partial charge in [0, 0.05) is 55.1 Å². The van der Waals surface area contributed by atoms with Gasteiger partial charge >= 0.3 is 5.69 Å². The number of piperidine rings is 1. The number of H-pyrrole nitrogens is 1. The van der Waals surface area contributed by atoms with Crippen LogP contribution in [0.25, 0.3) is 22.0 Å². The highest BCUT2D eigenvalue weighted by Crippen LogP contribution is 2.42. The van der Waals surface area contributed by atoms with Gasteiger partial charge in [-0.2, -0.15) is 0 Å². The Bertz CT molecular complexity index is 1660. The van der Waals surface area contributed by atoms with Crippen molar-refractivity contribution in [3.63, 3.8) is 0 Å². The number of nitrogens with one attached hydrogen (secondary N) is 1. The number of benzene rings is 2. The van der Waals surface area contributed by atoms with E-state index in [2.05, 4.69) is 4.98 Å². The number of rotatable bonds is 13. The third-order valence-corrected chi connectivity index (χ3v) is 8.74. The first-order valence-electron chi connectivity index (χ1n) is 15.8. The Balaban J connectivity index is 1.21. The van der Waals surface area contributed by atoms with E-state index in [0.717, 1.165) is 27.6 Å². The number of furan rings is 1. The maximum absolute atomic E-state index is 14.0. The van der Waals surface area contributed by atoms with Crippen LogP contribution in [0.1, 0.15) is 43.7 Å². The molecule has 0 unspecified atom stereocenters. The maximum atomic E-state index is 14.0. The minimum Gasteiger partial charge on any atom is -0.464 e. The number of aliphatic hydroxyl groups is 1. The van der Waals surface area contributed by atoms with Gasteiger partial charge in [-0.1, -0.05) is 30.3 Å². The van der Waals surface area contributed by atoms with Crippen LogP contribution in [-0.2, 0) is 23.7 Å². The molecule has 4 heterocycles. The fourth-order valence-corrected chi connectivity index (χ4v) is 6.57. The van der Waals surface area contributed by atoms with Crippen LogP contribution in [0.3, 0.4) is 0 Å². The normalized spacial score (nSPS) is 20.9. The van der Waals surface area contributed by atoms with E-state index in [0.29, 0.717) is 58.8 Å². The van der Waals surface area contributed by atoms with Gasteiger partial charge in [-0.15, -0.1) is 0 Å². The predicted molar refractivity (Wildman–Crippen MR) is 168 cm³/mol. The van der Waals surface area contributed by atoms with Crippen LogP contribution in [0.15, 0.2) is 75.8 Å². The number of likely N-dealkylation sites (tertiary alicyclic amines) is 1. The number of fused-ring (bicyclic) bond motifs is 2. The highest BCUT2D eigenvalue weighted by Gasteiger charge is 2.40. The zero-order chi connectivity index (χ0) is 31.2. The third kappa shape index (κ3) is 6.72. The van der Waals surface area contributed by atoms with Crippen LogP contribution >= 0.6 is 0 Å². The van der Waals surface area contributed by atoms with Crippen molar-refractivity contribution < 1.29 is 33.3 Å². The Kier molecular flexibility index (Phi) is 10.00. The summed E-state index contributed by atoms with van der Waals surface area (Å²) in [5.74, 6) is -0.270. The molecule has 2 aromatic carbocycles. The number of aromatic amines is 1. The molecule has 1 saturated heterocycles. The first-order valence-corrected chi connectivity index (χ1v) is 15.8. The summed E-state index contributed by atoms with van der Waals surface area (Å²) in [5.41, 5.74) is 3.32. The molecule has 11 heteroatoms. The number of amides is 1. The molecule has 2 aromatic heterocycles. The molecule has 0 aliphatic carbocycles. The van der Waals surface area contributed by atoms with Gasteiger partial charge in [0.15, 0.2) is 5.76 Å². The highest BCUT2D eigenvalue weighted by atomic mass is 16.7. The summed E-state index contributed by atoms with van der Waals surface area (Å²) >= 11 is 0. The van der Waals surface area contributed by atoms with Crippen LogP contribution in [0.5, 0.6) is 0 Å². The lowest BCUT2D eigenvalue weighted by atomic mass is 9.81. The van der Waals surface area contributed by atoms with Crippen molar-refractivity contribution in [1.29, 1.82) is 0 Å². The van der Waals surface area contributed by atoms with Crippen LogP contribution in [0.4, 0.5) is 0 Å². The van der Waals surface area contributed by atoms with E-state index in [1.807, 2.05) is 71.0 Å². The van der Waals surface area contributed by atoms with Crippen LogP contribution in [-0.4, -0.2) is 84.5 Å². The molecule has 45 heavy (non-hydrogen) atoms. The number of aliphatic hydroxyl groups excluding tert-OH is 1. The van der Waals surface area contributed by atoms with E-state index in [-0.39, 0.29) is 48.4 Å². The molecule has 0 radical (unpaired) electrons. The summed E-state index contributed by atoms with van der Waals surface area (Å²) < 4.78 is 31.3. The van der Waals surface area contributed by atoms with Crippen molar-refractivity contribution in [2.45, 2.75) is 44.4 Å². The number of nitrogens with zero attached hydrogens (tertiary/aromatic N) is 2. The first kappa shape index (κ1) is 31.1. The molecule has 2 aliphatic rings. The van der Waals surface area contributed by atoms with Gasteiger partial charge in [0.1, 0.15) is 5.58 Å². The summed E-state index contributed by atoms with van der Waals surface area (Å²) in [6, 6.07) is 15.6. The Labute approximate surface area is 261 Å². The van der Waals surface area contributed by atoms with Crippen LogP contribution in [0, 0.1) is 5.92 Å². The Morgan fingerprint density at radius 1 is 1.02 bits per heavy atom. The predicted octanol–water partition coefficient (Wildman–Crippen LogP) is 4.33. The van der Waals surface area contributed by atoms with Gasteiger partial charge in [0.05, 0.1) is 43.7 Å². The molecule has 1 fully saturated rings. The number of hydrogen-bond donors (Lipinski definition) is 2. The first-order chi connectivity index (χ1) is 22.1. The molecule has 4 aromatic rings. The van der Waals surface area contributed by atoms with Gasteiger partial charge in [0.25, 0.3) is 5.91 Å². The molecule has 11 nitrogen and oxygen atoms in total. The van der Waals surface area contributed by atoms with Gasteiger partial charge in [-0.05, 0) is 50.5 Å². The van der Waals surface area contributed by atoms with E-state index < -0.39 is 6.29 Å². The van der Waals surface area contributed by atoms with E-state index in [4.69, 9.17) is 28.5 Å². The second-order valence-corrected chi connectivity index (χ2v) is 11.4. The number of hydrogen-bond acceptors (Lipinski definition) is 8. The van der Waals surface area contributed by atoms with Crippen molar-refractivity contribution in [2.24, 2.45) is 5.92 Å². The van der Waals surface area contributed by atoms with E-state index >= 15 is 0 Å². The Hall–Kier alpha value is -3.90. The smallest absolute Gasteiger partial charge is 0.326 e. The lowest BCUT2D eigenvalue weighted by molar-refractivity contribution is -0.172. The number of ether oxygens (including phenoxy) is 4. The lowest BCUT2D eigenvalue weighted by Gasteiger charge is -2.39. The fraction of sp³-hybridized carbons (Fsp3) is 0.471. The topological polar surface area (TPSA) is 128 Å². The number of carbonyl (C=O) groups excluding carboxylic acids is 1. The van der Waals surface area contributed by atoms with Crippen molar-refractivity contribution in [3.05, 3.63) is 82.7 Å². The summed E-state index contributed by atoms with van der Waals surface area (Å²) in [5, 5.41) is 9.89. The summed E-state index contributed by atoms with van der Waals surface area (Å²) in [4.78, 5) is 31.5. The lowest BCUT2D eigenvalue weighted by Crippen LogP contribution is -2.44. The summed E-state index contributed by atoms with van der Waals surface area (Å²) in [6.45, 7) is 4.85. The van der Waals surface area contributed by atoms with Gasteiger partial charge < -0.3 is 38.4 Å². The monoisotopic (exact) mass is 619 g/mol. The second-order valence-electron chi connectivity index (χ2n) is 11.4. The minimum absolute atomic E-state index is 0.00131. The van der Waals surface area contributed by atoms with E-state index in [9.17, 15) is 9.59 Å². The van der Waals surface area contributed by atoms with E-state index in [1.165, 1.54) is 0 Å². The average molecular weight is 620 g/mol. The average Bonchev–Trinajstić information content (AvgIpc) is 3.65. The number of imidazole rings is 1. The molecule has 240 valence electrons. The molecule has 6 rings (SSSR count). The minimum atomic E-state index is -0.658.